The van der Waals surface area contributed by atoms with Gasteiger partial charge in [-0.15, -0.1) is 0 Å². The van der Waals surface area contributed by atoms with Crippen LogP contribution in [0.4, 0.5) is 0 Å². The number of rotatable bonds is 8. The molecule has 11 rings (SSSR count). The molecule has 5 heteroatoms. The van der Waals surface area contributed by atoms with Gasteiger partial charge in [0.25, 0.3) is 0 Å². The molecule has 10 aromatic rings. The maximum atomic E-state index is 5.39. The number of hydrogen-bond acceptors (Lipinski definition) is 3. The van der Waals surface area contributed by atoms with E-state index in [-0.39, 0.29) is 49.4 Å². The molecule has 0 heterocycles. The van der Waals surface area contributed by atoms with Crippen molar-refractivity contribution < 1.29 is 37.4 Å². The predicted octanol–water partition coefficient (Wildman–Crippen LogP) is 12.6. The van der Waals surface area contributed by atoms with Gasteiger partial charge < -0.3 is 17.9 Å². The van der Waals surface area contributed by atoms with Crippen LogP contribution in [-0.2, 0) is 19.5 Å². The fraction of sp³-hybridized carbons (Fsp3) is 0.100. The van der Waals surface area contributed by atoms with Crippen molar-refractivity contribution >= 4 is 55.5 Å². The molecule has 318 valence electrons. The first-order chi connectivity index (χ1) is 30.7. The molecule has 0 saturated heterocycles. The zero-order valence-corrected chi connectivity index (χ0v) is 38.3. The standard InChI is InChI=1S/C60H46N2.ClH.H2O.Ru/c1-3-17-43(18-4-1)53-33-31-45-21-7-13-27-51(45)59(53)55-37-41(35-47-23-9-11-25-49(47)55)39-61-57-29-15-16-30-58(57)62-40-42-36-48-24-10-12-26-50(48)56(38-42)60-52-28-14-8-22-46(52)32-34-54(60)44-19-5-2-6-20-44;;;/h1-14,17-28,31-40,57-58H,15-16,29-30H2;1H;1H2;/q;;;+2/p-2/t57-,58-;;;/m0.../s1. The van der Waals surface area contributed by atoms with Crippen LogP contribution in [0.5, 0.6) is 0 Å². The van der Waals surface area contributed by atoms with Gasteiger partial charge in [-0.3, -0.25) is 9.98 Å². The van der Waals surface area contributed by atoms with Crippen molar-refractivity contribution in [2.45, 2.75) is 37.8 Å². The Morgan fingerprint density at radius 2 is 0.708 bits per heavy atom. The fourth-order valence-electron chi connectivity index (χ4n) is 9.87. The Balaban J connectivity index is 0.00000192. The van der Waals surface area contributed by atoms with Gasteiger partial charge in [-0.2, -0.15) is 0 Å². The average Bonchev–Trinajstić information content (AvgIpc) is 3.34. The van der Waals surface area contributed by atoms with Crippen LogP contribution in [0.25, 0.3) is 87.6 Å². The number of fused-ring (bicyclic) bond motifs is 4. The molecular weight excluding hydrogens is 901 g/mol. The molecule has 65 heavy (non-hydrogen) atoms. The van der Waals surface area contributed by atoms with E-state index in [1.54, 1.807) is 0 Å². The summed E-state index contributed by atoms with van der Waals surface area (Å²) >= 11 is 0. The summed E-state index contributed by atoms with van der Waals surface area (Å²) in [6.45, 7) is 0. The van der Waals surface area contributed by atoms with Gasteiger partial charge >= 0.3 is 19.5 Å². The smallest absolute Gasteiger partial charge is 1.00 e. The Bertz CT molecular complexity index is 3110. The van der Waals surface area contributed by atoms with Crippen LogP contribution in [0, 0.1) is 0 Å². The van der Waals surface area contributed by atoms with Crippen molar-refractivity contribution in [3.63, 3.8) is 0 Å². The van der Waals surface area contributed by atoms with E-state index in [4.69, 9.17) is 9.98 Å². The summed E-state index contributed by atoms with van der Waals surface area (Å²) in [6, 6.07) is 75.3. The Morgan fingerprint density at radius 1 is 0.354 bits per heavy atom. The maximum Gasteiger partial charge on any atom is 2.00 e. The topological polar surface area (TPSA) is 54.7 Å². The first-order valence-corrected chi connectivity index (χ1v) is 22.0. The summed E-state index contributed by atoms with van der Waals surface area (Å²) in [6.07, 6.45) is 8.64. The second kappa shape index (κ2) is 20.1. The second-order valence-electron chi connectivity index (χ2n) is 16.7. The van der Waals surface area contributed by atoms with Gasteiger partial charge in [0, 0.05) is 12.4 Å². The molecule has 0 unspecified atom stereocenters. The third-order valence-electron chi connectivity index (χ3n) is 12.9. The van der Waals surface area contributed by atoms with E-state index in [1.165, 1.54) is 87.6 Å². The Labute approximate surface area is 400 Å². The molecule has 3 nitrogen and oxygen atoms in total. The zero-order chi connectivity index (χ0) is 41.2. The summed E-state index contributed by atoms with van der Waals surface area (Å²) in [5.74, 6) is 0. The zero-order valence-electron chi connectivity index (χ0n) is 35.8. The third-order valence-corrected chi connectivity index (χ3v) is 12.9. The van der Waals surface area contributed by atoms with Gasteiger partial charge in [0.05, 0.1) is 12.1 Å². The summed E-state index contributed by atoms with van der Waals surface area (Å²) in [4.78, 5) is 10.8. The number of nitrogens with zero attached hydrogens (tertiary/aromatic N) is 2. The van der Waals surface area contributed by atoms with Gasteiger partial charge in [-0.25, -0.2) is 0 Å². The summed E-state index contributed by atoms with van der Waals surface area (Å²) in [5.41, 5.74) is 12.1. The van der Waals surface area contributed by atoms with E-state index in [2.05, 4.69) is 219 Å². The largest absolute Gasteiger partial charge is 2.00 e. The molecule has 0 bridgehead atoms. The quantitative estimate of drug-likeness (QED) is 0.111. The molecule has 0 aliphatic heterocycles. The van der Waals surface area contributed by atoms with E-state index < -0.39 is 0 Å². The molecule has 0 amide bonds. The molecule has 0 spiro atoms. The third kappa shape index (κ3) is 8.96. The number of hydrogen-bond donors (Lipinski definition) is 0. The minimum Gasteiger partial charge on any atom is -1.00 e. The summed E-state index contributed by atoms with van der Waals surface area (Å²) < 4.78 is 0. The van der Waals surface area contributed by atoms with Gasteiger partial charge in [-0.1, -0.05) is 195 Å². The van der Waals surface area contributed by atoms with Crippen molar-refractivity contribution in [1.29, 1.82) is 0 Å². The van der Waals surface area contributed by atoms with Gasteiger partial charge in [0.2, 0.25) is 0 Å². The second-order valence-corrected chi connectivity index (χ2v) is 16.7. The Hall–Kier alpha value is -6.55. The van der Waals surface area contributed by atoms with Crippen LogP contribution in [0.2, 0.25) is 0 Å². The van der Waals surface area contributed by atoms with E-state index >= 15 is 0 Å². The van der Waals surface area contributed by atoms with Gasteiger partial charge in [0.1, 0.15) is 0 Å². The van der Waals surface area contributed by atoms with E-state index in [1.807, 2.05) is 0 Å². The SMILES string of the molecule is C(=N[C@H]1CCCC[C@@H]1N=Cc1cc(-c2c(-c3ccccc3)ccc3ccccc23)c2ccccc2c1)c1cc(-c2c(-c3ccccc3)ccc3ccccc23)c2ccccc2c1.[Cl-].[OH-].[Ru+2]. The molecule has 10 aromatic carbocycles. The number of halogens is 1. The van der Waals surface area contributed by atoms with Crippen LogP contribution in [0.15, 0.2) is 216 Å². The summed E-state index contributed by atoms with van der Waals surface area (Å²) in [5, 5.41) is 9.89. The molecule has 1 N–H and O–H groups in total. The molecule has 1 fully saturated rings. The molecule has 2 atom stereocenters. The monoisotopic (exact) mass is 948 g/mol. The minimum absolute atomic E-state index is 0. The fourth-order valence-corrected chi connectivity index (χ4v) is 9.87. The van der Waals surface area contributed by atoms with Crippen molar-refractivity contribution in [2.24, 2.45) is 9.98 Å². The van der Waals surface area contributed by atoms with Crippen LogP contribution >= 0.6 is 0 Å². The van der Waals surface area contributed by atoms with E-state index in [0.717, 1.165) is 36.8 Å². The Morgan fingerprint density at radius 3 is 1.12 bits per heavy atom. The number of aliphatic imine (C=N–C) groups is 2. The predicted molar refractivity (Wildman–Crippen MR) is 268 cm³/mol. The van der Waals surface area contributed by atoms with E-state index in [0.29, 0.717) is 0 Å². The average molecular weight is 949 g/mol. The van der Waals surface area contributed by atoms with Crippen LogP contribution in [0.3, 0.4) is 0 Å². The molecule has 1 aliphatic carbocycles. The van der Waals surface area contributed by atoms with Gasteiger partial charge in [-0.05, 0) is 136 Å². The van der Waals surface area contributed by atoms with Crippen molar-refractivity contribution in [1.82, 2.24) is 0 Å². The van der Waals surface area contributed by atoms with E-state index in [9.17, 15) is 0 Å². The van der Waals surface area contributed by atoms with Crippen LogP contribution in [0.1, 0.15) is 36.8 Å². The molecule has 1 aliphatic rings. The number of benzene rings is 10. The molecular formula is C60H47ClN2ORu. The Kier molecular flexibility index (Phi) is 13.9. The maximum absolute atomic E-state index is 5.39. The molecule has 1 saturated carbocycles. The molecule has 0 radical (unpaired) electrons. The van der Waals surface area contributed by atoms with Crippen LogP contribution < -0.4 is 12.4 Å². The van der Waals surface area contributed by atoms with Gasteiger partial charge in [0.15, 0.2) is 0 Å². The first-order valence-electron chi connectivity index (χ1n) is 22.0. The van der Waals surface area contributed by atoms with Crippen molar-refractivity contribution in [3.05, 3.63) is 217 Å². The summed E-state index contributed by atoms with van der Waals surface area (Å²) in [7, 11) is 0. The van der Waals surface area contributed by atoms with Crippen molar-refractivity contribution in [3.8, 4) is 44.5 Å². The molecule has 0 aromatic heterocycles. The normalized spacial score (nSPS) is 15.0. The van der Waals surface area contributed by atoms with Crippen molar-refractivity contribution in [2.75, 3.05) is 0 Å². The minimum atomic E-state index is 0. The first kappa shape index (κ1) is 45.0. The van der Waals surface area contributed by atoms with Crippen LogP contribution in [-0.4, -0.2) is 30.0 Å².